The van der Waals surface area contributed by atoms with E-state index in [9.17, 15) is 0 Å². The van der Waals surface area contributed by atoms with Gasteiger partial charge in [-0.2, -0.15) is 0 Å². The predicted molar refractivity (Wildman–Crippen MR) is 79.7 cm³/mol. The molecule has 2 nitrogen and oxygen atoms in total. The Balaban J connectivity index is 2.12. The van der Waals surface area contributed by atoms with Crippen LogP contribution in [0.3, 0.4) is 0 Å². The van der Waals surface area contributed by atoms with E-state index in [0.29, 0.717) is 0 Å². The normalized spacial score (nSPS) is 10.5. The Labute approximate surface area is 119 Å². The molecule has 0 radical (unpaired) electrons. The van der Waals surface area contributed by atoms with Gasteiger partial charge < -0.3 is 0 Å². The van der Waals surface area contributed by atoms with E-state index in [1.807, 2.05) is 12.1 Å². The molecule has 0 saturated carbocycles. The van der Waals surface area contributed by atoms with Gasteiger partial charge in [-0.05, 0) is 30.3 Å². The number of nitrogens with zero attached hydrogens (tertiary/aromatic N) is 2. The molecule has 0 fully saturated rings. The maximum absolute atomic E-state index is 2.24. The van der Waals surface area contributed by atoms with Gasteiger partial charge in [0.05, 0.1) is 0 Å². The molecule has 0 spiro atoms. The Hall–Kier alpha value is -2.48. The van der Waals surface area contributed by atoms with Crippen LogP contribution in [-0.2, 0) is 14.1 Å². The van der Waals surface area contributed by atoms with Gasteiger partial charge in [0, 0.05) is 35.4 Å². The predicted octanol–water partition coefficient (Wildman–Crippen LogP) is 2.67. The molecule has 3 aromatic rings. The highest BCUT2D eigenvalue weighted by Crippen LogP contribution is 2.22. The van der Waals surface area contributed by atoms with Crippen molar-refractivity contribution in [1.82, 2.24) is 0 Å². The molecule has 20 heavy (non-hydrogen) atoms. The Morgan fingerprint density at radius 1 is 0.600 bits per heavy atom. The Morgan fingerprint density at radius 2 is 1.10 bits per heavy atom. The zero-order valence-corrected chi connectivity index (χ0v) is 11.8. The largest absolute Gasteiger partial charge is 0.212 e. The monoisotopic (exact) mass is 262 g/mol. The first-order valence-electron chi connectivity index (χ1n) is 6.76. The van der Waals surface area contributed by atoms with Gasteiger partial charge in [0.25, 0.3) is 0 Å². The van der Waals surface area contributed by atoms with Crippen LogP contribution in [0.4, 0.5) is 0 Å². The van der Waals surface area contributed by atoms with E-state index in [1.54, 1.807) is 0 Å². The molecule has 98 valence electrons. The van der Waals surface area contributed by atoms with E-state index in [2.05, 4.69) is 84.2 Å². The van der Waals surface area contributed by atoms with Crippen LogP contribution in [0.15, 0.2) is 73.1 Å². The van der Waals surface area contributed by atoms with Gasteiger partial charge in [-0.25, -0.2) is 9.13 Å². The summed E-state index contributed by atoms with van der Waals surface area (Å²) in [5, 5.41) is 0. The number of aryl methyl sites for hydroxylation is 2. The van der Waals surface area contributed by atoms with Gasteiger partial charge >= 0.3 is 0 Å². The molecule has 0 bridgehead atoms. The molecular weight excluding hydrogens is 244 g/mol. The second-order valence-electron chi connectivity index (χ2n) is 4.97. The van der Waals surface area contributed by atoms with Crippen LogP contribution in [0.1, 0.15) is 0 Å². The third kappa shape index (κ3) is 2.32. The van der Waals surface area contributed by atoms with Crippen molar-refractivity contribution in [3.05, 3.63) is 73.1 Å². The molecule has 0 unspecified atom stereocenters. The van der Waals surface area contributed by atoms with Crippen LogP contribution in [-0.4, -0.2) is 0 Å². The lowest BCUT2D eigenvalue weighted by Crippen LogP contribution is -2.30. The standard InChI is InChI=1S/C18H18N2/c1-19-12-5-3-10-17(19)15-8-7-9-16(14-15)18-11-4-6-13-20(18)2/h3-14H,1-2H3/q+2. The summed E-state index contributed by atoms with van der Waals surface area (Å²) in [5.74, 6) is 0. The number of pyridine rings is 2. The van der Waals surface area contributed by atoms with E-state index < -0.39 is 0 Å². The zero-order valence-electron chi connectivity index (χ0n) is 11.8. The van der Waals surface area contributed by atoms with Crippen molar-refractivity contribution in [2.45, 2.75) is 0 Å². The first-order valence-corrected chi connectivity index (χ1v) is 6.76. The maximum Gasteiger partial charge on any atom is 0.212 e. The lowest BCUT2D eigenvalue weighted by molar-refractivity contribution is -0.660. The highest BCUT2D eigenvalue weighted by molar-refractivity contribution is 5.66. The minimum absolute atomic E-state index is 1.22. The number of hydrogen-bond donors (Lipinski definition) is 0. The molecule has 1 aromatic carbocycles. The average molecular weight is 262 g/mol. The molecule has 0 amide bonds. The lowest BCUT2D eigenvalue weighted by atomic mass is 10.0. The van der Waals surface area contributed by atoms with Crippen molar-refractivity contribution in [3.63, 3.8) is 0 Å². The number of rotatable bonds is 2. The Bertz CT molecular complexity index is 687. The Morgan fingerprint density at radius 3 is 1.55 bits per heavy atom. The molecule has 2 aromatic heterocycles. The van der Waals surface area contributed by atoms with Crippen molar-refractivity contribution in [2.75, 3.05) is 0 Å². The highest BCUT2D eigenvalue weighted by atomic mass is 14.9. The summed E-state index contributed by atoms with van der Waals surface area (Å²) in [6.07, 6.45) is 4.15. The molecule has 0 saturated heterocycles. The third-order valence-electron chi connectivity index (χ3n) is 3.56. The van der Waals surface area contributed by atoms with Gasteiger partial charge in [0.2, 0.25) is 11.4 Å². The lowest BCUT2D eigenvalue weighted by Gasteiger charge is -2.03. The maximum atomic E-state index is 2.24. The highest BCUT2D eigenvalue weighted by Gasteiger charge is 2.12. The minimum atomic E-state index is 1.22. The third-order valence-corrected chi connectivity index (χ3v) is 3.56. The summed E-state index contributed by atoms with van der Waals surface area (Å²) >= 11 is 0. The first kappa shape index (κ1) is 12.5. The molecule has 2 heteroatoms. The van der Waals surface area contributed by atoms with Crippen LogP contribution in [0.2, 0.25) is 0 Å². The SMILES string of the molecule is C[n+]1ccccc1-c1cccc(-c2cccc[n+]2C)c1. The van der Waals surface area contributed by atoms with Gasteiger partial charge in [-0.15, -0.1) is 0 Å². The quantitative estimate of drug-likeness (QED) is 0.627. The summed E-state index contributed by atoms with van der Waals surface area (Å²) in [7, 11) is 4.15. The summed E-state index contributed by atoms with van der Waals surface area (Å²) in [6.45, 7) is 0. The van der Waals surface area contributed by atoms with Crippen LogP contribution in [0.5, 0.6) is 0 Å². The molecule has 0 aliphatic rings. The fourth-order valence-corrected chi connectivity index (χ4v) is 2.48. The summed E-state index contributed by atoms with van der Waals surface area (Å²) in [4.78, 5) is 0. The second-order valence-corrected chi connectivity index (χ2v) is 4.97. The van der Waals surface area contributed by atoms with Crippen molar-refractivity contribution >= 4 is 0 Å². The summed E-state index contributed by atoms with van der Waals surface area (Å²) < 4.78 is 4.29. The second kappa shape index (κ2) is 5.25. The number of benzene rings is 1. The van der Waals surface area contributed by atoms with E-state index in [4.69, 9.17) is 0 Å². The molecule has 0 aliphatic heterocycles. The first-order chi connectivity index (χ1) is 9.75. The molecular formula is C18H18N2+2. The van der Waals surface area contributed by atoms with Crippen LogP contribution in [0.25, 0.3) is 22.5 Å². The fourth-order valence-electron chi connectivity index (χ4n) is 2.48. The Kier molecular flexibility index (Phi) is 3.30. The van der Waals surface area contributed by atoms with Gasteiger partial charge in [0.15, 0.2) is 12.4 Å². The molecule has 3 rings (SSSR count). The van der Waals surface area contributed by atoms with Crippen LogP contribution >= 0.6 is 0 Å². The van der Waals surface area contributed by atoms with Crippen molar-refractivity contribution in [3.8, 4) is 22.5 Å². The van der Waals surface area contributed by atoms with E-state index in [-0.39, 0.29) is 0 Å². The molecule has 0 atom stereocenters. The van der Waals surface area contributed by atoms with E-state index >= 15 is 0 Å². The minimum Gasteiger partial charge on any atom is -0.201 e. The number of hydrogen-bond acceptors (Lipinski definition) is 0. The van der Waals surface area contributed by atoms with Crippen molar-refractivity contribution in [1.29, 1.82) is 0 Å². The topological polar surface area (TPSA) is 7.76 Å². The van der Waals surface area contributed by atoms with Gasteiger partial charge in [-0.3, -0.25) is 0 Å². The van der Waals surface area contributed by atoms with E-state index in [1.165, 1.54) is 22.5 Å². The average Bonchev–Trinajstić information content (AvgIpc) is 2.48. The molecule has 0 aliphatic carbocycles. The summed E-state index contributed by atoms with van der Waals surface area (Å²) in [5.41, 5.74) is 4.89. The van der Waals surface area contributed by atoms with Crippen molar-refractivity contribution in [2.24, 2.45) is 14.1 Å². The summed E-state index contributed by atoms with van der Waals surface area (Å²) in [6, 6.07) is 21.2. The van der Waals surface area contributed by atoms with Gasteiger partial charge in [-0.1, -0.05) is 6.07 Å². The zero-order chi connectivity index (χ0) is 13.9. The van der Waals surface area contributed by atoms with Crippen LogP contribution < -0.4 is 9.13 Å². The smallest absolute Gasteiger partial charge is 0.201 e. The molecule has 0 N–H and O–H groups in total. The van der Waals surface area contributed by atoms with Crippen LogP contribution in [0, 0.1) is 0 Å². The van der Waals surface area contributed by atoms with Crippen molar-refractivity contribution < 1.29 is 9.13 Å². The van der Waals surface area contributed by atoms with Gasteiger partial charge in [0.1, 0.15) is 14.1 Å². The number of aromatic nitrogens is 2. The van der Waals surface area contributed by atoms with E-state index in [0.717, 1.165) is 0 Å². The molecule has 2 heterocycles. The fraction of sp³-hybridized carbons (Fsp3) is 0.111.